The number of nitrogens with zero attached hydrogens (tertiary/aromatic N) is 2. The minimum atomic E-state index is -1.56. The van der Waals surface area contributed by atoms with Crippen LogP contribution in [0, 0.1) is 0 Å². The number of phenols is 2. The van der Waals surface area contributed by atoms with Gasteiger partial charge in [0.15, 0.2) is 17.6 Å². The van der Waals surface area contributed by atoms with Gasteiger partial charge in [0.25, 0.3) is 0 Å². The highest BCUT2D eigenvalue weighted by atomic mass is 16.6. The number of benzene rings is 2. The number of methoxy groups -OCH3 is 1. The summed E-state index contributed by atoms with van der Waals surface area (Å²) in [5.74, 6) is -1.20. The van der Waals surface area contributed by atoms with Crippen LogP contribution in [0.4, 0.5) is 0 Å². The van der Waals surface area contributed by atoms with Crippen LogP contribution in [0.5, 0.6) is 23.0 Å². The Morgan fingerprint density at radius 1 is 1.00 bits per heavy atom. The summed E-state index contributed by atoms with van der Waals surface area (Å²) in [6.45, 7) is 3.67. The van der Waals surface area contributed by atoms with Crippen molar-refractivity contribution in [3.05, 3.63) is 47.0 Å². The van der Waals surface area contributed by atoms with Crippen molar-refractivity contribution in [2.24, 2.45) is 0 Å². The van der Waals surface area contributed by atoms with Crippen molar-refractivity contribution >= 4 is 5.97 Å². The summed E-state index contributed by atoms with van der Waals surface area (Å²) in [5, 5.41) is 52.5. The number of carbonyl (C=O) groups is 1. The summed E-state index contributed by atoms with van der Waals surface area (Å²) in [5.41, 5.74) is 0.113. The van der Waals surface area contributed by atoms with Crippen molar-refractivity contribution in [2.75, 3.05) is 53.0 Å². The number of ether oxygens (including phenoxy) is 4. The van der Waals surface area contributed by atoms with Gasteiger partial charge in [0, 0.05) is 50.4 Å². The quantitative estimate of drug-likeness (QED) is 0.282. The van der Waals surface area contributed by atoms with Crippen LogP contribution in [0.1, 0.15) is 27.6 Å². The average molecular weight is 547 g/mol. The first kappa shape index (κ1) is 27.4. The third-order valence-electron chi connectivity index (χ3n) is 7.61. The maximum Gasteiger partial charge on any atom is 0.339 e. The molecule has 5 N–H and O–H groups in total. The lowest BCUT2D eigenvalue weighted by Crippen LogP contribution is -2.58. The molecular weight excluding hydrogens is 512 g/mol. The minimum absolute atomic E-state index is 0.0120. The number of piperazine rings is 1. The van der Waals surface area contributed by atoms with E-state index < -0.39 is 54.6 Å². The molecule has 0 radical (unpaired) electrons. The molecule has 5 unspecified atom stereocenters. The summed E-state index contributed by atoms with van der Waals surface area (Å²) < 4.78 is 22.3. The number of carbonyl (C=O) groups excluding carboxylic acids is 1. The summed E-state index contributed by atoms with van der Waals surface area (Å²) in [6, 6.07) is 9.61. The fraction of sp³-hybridized carbons (Fsp3) is 0.519. The van der Waals surface area contributed by atoms with Gasteiger partial charge in [-0.1, -0.05) is 18.2 Å². The second-order valence-electron chi connectivity index (χ2n) is 9.91. The van der Waals surface area contributed by atoms with Crippen LogP contribution in [-0.2, 0) is 16.0 Å². The van der Waals surface area contributed by atoms with E-state index in [0.29, 0.717) is 19.7 Å². The van der Waals surface area contributed by atoms with Crippen molar-refractivity contribution in [3.63, 3.8) is 0 Å². The molecule has 12 nitrogen and oxygen atoms in total. The Morgan fingerprint density at radius 3 is 2.36 bits per heavy atom. The highest BCUT2D eigenvalue weighted by molar-refractivity contribution is 5.97. The third kappa shape index (κ3) is 5.23. The van der Waals surface area contributed by atoms with Crippen LogP contribution in [0.3, 0.4) is 0 Å². The standard InChI is InChI=1S/C27H34N2O10/c1-36-25-20(31)16(13-29-9-7-28(8-10-29)11-12-37-15-5-3-2-4-6-15)18-19(22(25)33)24-26(39-27(18)35)23(34)21(32)17(14-30)38-24/h2-6,17,21,23-24,26,30-34H,7-14H2,1H3. The number of aliphatic hydroxyl groups is 3. The van der Waals surface area contributed by atoms with Gasteiger partial charge in [-0.3, -0.25) is 9.80 Å². The number of fused-ring (bicyclic) bond motifs is 3. The lowest BCUT2D eigenvalue weighted by Gasteiger charge is -2.45. The van der Waals surface area contributed by atoms with E-state index in [1.807, 2.05) is 30.3 Å². The summed E-state index contributed by atoms with van der Waals surface area (Å²) >= 11 is 0. The molecule has 0 aliphatic carbocycles. The van der Waals surface area contributed by atoms with Gasteiger partial charge in [0.1, 0.15) is 36.8 Å². The van der Waals surface area contributed by atoms with E-state index >= 15 is 0 Å². The van der Waals surface area contributed by atoms with Gasteiger partial charge in [-0.15, -0.1) is 0 Å². The highest BCUT2D eigenvalue weighted by Crippen LogP contribution is 2.52. The van der Waals surface area contributed by atoms with E-state index in [2.05, 4.69) is 9.80 Å². The summed E-state index contributed by atoms with van der Waals surface area (Å²) in [6.07, 6.45) is -6.74. The smallest absolute Gasteiger partial charge is 0.339 e. The molecule has 2 fully saturated rings. The van der Waals surface area contributed by atoms with Gasteiger partial charge in [-0.25, -0.2) is 4.79 Å². The van der Waals surface area contributed by atoms with Crippen LogP contribution in [0.15, 0.2) is 30.3 Å². The lowest BCUT2D eigenvalue weighted by atomic mass is 9.84. The maximum absolute atomic E-state index is 13.2. The first-order valence-corrected chi connectivity index (χ1v) is 12.9. The van der Waals surface area contributed by atoms with Crippen LogP contribution in [0.2, 0.25) is 0 Å². The fourth-order valence-electron chi connectivity index (χ4n) is 5.47. The SMILES string of the molecule is COc1c(O)c(CN2CCN(CCOc3ccccc3)CC2)c2c(c1O)C1OC(CO)C(O)C(O)C1OC2=O. The Morgan fingerprint density at radius 2 is 1.69 bits per heavy atom. The molecule has 12 heteroatoms. The number of aliphatic hydroxyl groups excluding tert-OH is 3. The first-order valence-electron chi connectivity index (χ1n) is 12.9. The van der Waals surface area contributed by atoms with E-state index in [1.165, 1.54) is 7.11 Å². The zero-order chi connectivity index (χ0) is 27.7. The lowest BCUT2D eigenvalue weighted by molar-refractivity contribution is -0.235. The molecule has 3 aliphatic rings. The van der Waals surface area contributed by atoms with E-state index in [0.717, 1.165) is 25.4 Å². The zero-order valence-electron chi connectivity index (χ0n) is 21.6. The second-order valence-corrected chi connectivity index (χ2v) is 9.91. The van der Waals surface area contributed by atoms with E-state index in [9.17, 15) is 30.3 Å². The fourth-order valence-corrected chi connectivity index (χ4v) is 5.47. The van der Waals surface area contributed by atoms with Crippen molar-refractivity contribution in [2.45, 2.75) is 37.1 Å². The molecule has 2 saturated heterocycles. The highest BCUT2D eigenvalue weighted by Gasteiger charge is 2.53. The number of esters is 1. The Balaban J connectivity index is 1.34. The maximum atomic E-state index is 13.2. The molecule has 5 rings (SSSR count). The number of phenolic OH excluding ortho intramolecular Hbond substituents is 2. The largest absolute Gasteiger partial charge is 0.504 e. The molecule has 2 aromatic carbocycles. The van der Waals surface area contributed by atoms with E-state index in [4.69, 9.17) is 18.9 Å². The molecule has 0 aromatic heterocycles. The predicted molar refractivity (Wildman–Crippen MR) is 136 cm³/mol. The molecule has 39 heavy (non-hydrogen) atoms. The number of aromatic hydroxyl groups is 2. The predicted octanol–water partition coefficient (Wildman–Crippen LogP) is -0.00400. The molecule has 0 amide bonds. The Bertz CT molecular complexity index is 1170. The third-order valence-corrected chi connectivity index (χ3v) is 7.61. The van der Waals surface area contributed by atoms with Crippen molar-refractivity contribution in [3.8, 4) is 23.0 Å². The second kappa shape index (κ2) is 11.5. The van der Waals surface area contributed by atoms with Gasteiger partial charge in [-0.2, -0.15) is 0 Å². The molecule has 2 aromatic rings. The molecule has 0 saturated carbocycles. The molecule has 212 valence electrons. The molecule has 0 bridgehead atoms. The minimum Gasteiger partial charge on any atom is -0.504 e. The molecular formula is C27H34N2O10. The van der Waals surface area contributed by atoms with Gasteiger partial charge < -0.3 is 44.5 Å². The van der Waals surface area contributed by atoms with Crippen molar-refractivity contribution in [1.29, 1.82) is 0 Å². The first-order chi connectivity index (χ1) is 18.8. The number of hydrogen-bond acceptors (Lipinski definition) is 12. The molecule has 3 heterocycles. The zero-order valence-corrected chi connectivity index (χ0v) is 21.6. The molecule has 5 atom stereocenters. The van der Waals surface area contributed by atoms with E-state index in [-0.39, 0.29) is 29.0 Å². The average Bonchev–Trinajstić information content (AvgIpc) is 2.94. The van der Waals surface area contributed by atoms with Gasteiger partial charge in [-0.05, 0) is 12.1 Å². The number of hydrogen-bond donors (Lipinski definition) is 5. The number of rotatable bonds is 8. The van der Waals surface area contributed by atoms with Crippen molar-refractivity contribution in [1.82, 2.24) is 9.80 Å². The molecule has 0 spiro atoms. The summed E-state index contributed by atoms with van der Waals surface area (Å²) in [7, 11) is 1.27. The van der Waals surface area contributed by atoms with Gasteiger partial charge >= 0.3 is 5.97 Å². The Hall–Kier alpha value is -3.13. The van der Waals surface area contributed by atoms with Crippen LogP contribution < -0.4 is 9.47 Å². The van der Waals surface area contributed by atoms with E-state index in [1.54, 1.807) is 0 Å². The van der Waals surface area contributed by atoms with Gasteiger partial charge in [0.05, 0.1) is 19.3 Å². The molecule has 3 aliphatic heterocycles. The van der Waals surface area contributed by atoms with Crippen molar-refractivity contribution < 1.29 is 49.3 Å². The normalized spacial score (nSPS) is 27.4. The Labute approximate surface area is 225 Å². The number of para-hydroxylation sites is 1. The van der Waals surface area contributed by atoms with Crippen LogP contribution in [0.25, 0.3) is 0 Å². The monoisotopic (exact) mass is 546 g/mol. The summed E-state index contributed by atoms with van der Waals surface area (Å²) in [4.78, 5) is 17.5. The van der Waals surface area contributed by atoms with Crippen LogP contribution in [-0.4, -0.2) is 119 Å². The van der Waals surface area contributed by atoms with Gasteiger partial charge in [0.2, 0.25) is 5.75 Å². The van der Waals surface area contributed by atoms with Crippen LogP contribution >= 0.6 is 0 Å². The Kier molecular flexibility index (Phi) is 8.12. The topological polar surface area (TPSA) is 162 Å².